The molecule has 1 atom stereocenters. The van der Waals surface area contributed by atoms with E-state index in [1.54, 1.807) is 29.1 Å². The van der Waals surface area contributed by atoms with E-state index in [0.29, 0.717) is 29.2 Å². The topological polar surface area (TPSA) is 86.1 Å². The molecule has 0 aliphatic rings. The number of hydrogen-bond donors (Lipinski definition) is 2. The normalized spacial score (nSPS) is 12.1. The third kappa shape index (κ3) is 4.37. The minimum Gasteiger partial charge on any atom is -0.458 e. The fourth-order valence-corrected chi connectivity index (χ4v) is 3.12. The van der Waals surface area contributed by atoms with Gasteiger partial charge in [0.05, 0.1) is 16.9 Å². The first-order valence-corrected chi connectivity index (χ1v) is 8.95. The molecule has 0 saturated heterocycles. The number of nitrogens with zero attached hydrogens (tertiary/aromatic N) is 2. The van der Waals surface area contributed by atoms with Crippen LogP contribution in [0.15, 0.2) is 47.2 Å². The van der Waals surface area contributed by atoms with E-state index in [-0.39, 0.29) is 24.2 Å². The van der Waals surface area contributed by atoms with Crippen LogP contribution in [0, 0.1) is 5.82 Å². The van der Waals surface area contributed by atoms with Gasteiger partial charge in [-0.25, -0.2) is 4.39 Å². The summed E-state index contributed by atoms with van der Waals surface area (Å²) in [5.74, 6) is -0.580. The molecule has 0 unspecified atom stereocenters. The number of rotatable bonds is 7. The maximum atomic E-state index is 13.3. The van der Waals surface area contributed by atoms with Gasteiger partial charge in [-0.2, -0.15) is 5.10 Å². The van der Waals surface area contributed by atoms with Crippen LogP contribution in [0.25, 0.3) is 11.3 Å². The molecule has 0 aliphatic carbocycles. The molecule has 3 N–H and O–H groups in total. The van der Waals surface area contributed by atoms with Crippen LogP contribution < -0.4 is 11.1 Å². The van der Waals surface area contributed by atoms with Crippen molar-refractivity contribution < 1.29 is 13.6 Å². The van der Waals surface area contributed by atoms with Crippen molar-refractivity contribution >= 4 is 17.5 Å². The molecule has 27 heavy (non-hydrogen) atoms. The summed E-state index contributed by atoms with van der Waals surface area (Å²) in [6.45, 7) is 2.79. The SMILES string of the molecule is CCn1ncc(Cl)c1-c1coc(C(=O)N[C@H](CN)Cc2cccc(F)c2)c1. The lowest BCUT2D eigenvalue weighted by Crippen LogP contribution is -2.41. The van der Waals surface area contributed by atoms with Crippen molar-refractivity contribution in [1.29, 1.82) is 0 Å². The van der Waals surface area contributed by atoms with E-state index < -0.39 is 5.91 Å². The number of benzene rings is 1. The average Bonchev–Trinajstić information content (AvgIpc) is 3.27. The van der Waals surface area contributed by atoms with Crippen LogP contribution in [-0.2, 0) is 13.0 Å². The van der Waals surface area contributed by atoms with Crippen molar-refractivity contribution in [2.24, 2.45) is 5.73 Å². The molecule has 1 amide bonds. The Bertz CT molecular complexity index is 937. The molecule has 0 saturated carbocycles. The van der Waals surface area contributed by atoms with Crippen LogP contribution in [0.4, 0.5) is 4.39 Å². The Balaban J connectivity index is 1.72. The van der Waals surface area contributed by atoms with Gasteiger partial charge in [0.1, 0.15) is 12.1 Å². The van der Waals surface area contributed by atoms with Crippen molar-refractivity contribution in [1.82, 2.24) is 15.1 Å². The number of furan rings is 1. The smallest absolute Gasteiger partial charge is 0.287 e. The van der Waals surface area contributed by atoms with Gasteiger partial charge in [0.15, 0.2) is 5.76 Å². The molecule has 1 aromatic carbocycles. The van der Waals surface area contributed by atoms with Gasteiger partial charge in [-0.15, -0.1) is 0 Å². The molecular formula is C19H20ClFN4O2. The second-order valence-corrected chi connectivity index (χ2v) is 6.50. The Morgan fingerprint density at radius 3 is 2.96 bits per heavy atom. The molecule has 2 heterocycles. The van der Waals surface area contributed by atoms with E-state index in [1.165, 1.54) is 18.4 Å². The maximum absolute atomic E-state index is 13.3. The van der Waals surface area contributed by atoms with Gasteiger partial charge in [0, 0.05) is 24.7 Å². The van der Waals surface area contributed by atoms with Crippen LogP contribution in [0.1, 0.15) is 23.0 Å². The summed E-state index contributed by atoms with van der Waals surface area (Å²) in [6.07, 6.45) is 3.44. The monoisotopic (exact) mass is 390 g/mol. The molecule has 8 heteroatoms. The quantitative estimate of drug-likeness (QED) is 0.648. The Morgan fingerprint density at radius 1 is 1.44 bits per heavy atom. The van der Waals surface area contributed by atoms with Gasteiger partial charge < -0.3 is 15.5 Å². The van der Waals surface area contributed by atoms with E-state index >= 15 is 0 Å². The number of hydrogen-bond acceptors (Lipinski definition) is 4. The highest BCUT2D eigenvalue weighted by Crippen LogP contribution is 2.29. The van der Waals surface area contributed by atoms with Crippen LogP contribution >= 0.6 is 11.6 Å². The zero-order chi connectivity index (χ0) is 19.4. The van der Waals surface area contributed by atoms with E-state index in [0.717, 1.165) is 5.56 Å². The van der Waals surface area contributed by atoms with Crippen molar-refractivity contribution in [2.45, 2.75) is 25.9 Å². The third-order valence-corrected chi connectivity index (χ3v) is 4.46. The van der Waals surface area contributed by atoms with Gasteiger partial charge in [-0.05, 0) is 37.1 Å². The molecular weight excluding hydrogens is 371 g/mol. The second-order valence-electron chi connectivity index (χ2n) is 6.10. The summed E-state index contributed by atoms with van der Waals surface area (Å²) in [4.78, 5) is 12.5. The zero-order valence-electron chi connectivity index (χ0n) is 14.8. The van der Waals surface area contributed by atoms with Gasteiger partial charge in [0.2, 0.25) is 0 Å². The summed E-state index contributed by atoms with van der Waals surface area (Å²) in [5.41, 5.74) is 7.87. The number of aromatic nitrogens is 2. The fourth-order valence-electron chi connectivity index (χ4n) is 2.87. The molecule has 0 bridgehead atoms. The molecule has 0 radical (unpaired) electrons. The predicted molar refractivity (Wildman–Crippen MR) is 101 cm³/mol. The number of carbonyl (C=O) groups is 1. The van der Waals surface area contributed by atoms with E-state index in [9.17, 15) is 9.18 Å². The second kappa shape index (κ2) is 8.37. The first kappa shape index (κ1) is 19.1. The minimum atomic E-state index is -0.396. The molecule has 3 aromatic rings. The molecule has 0 spiro atoms. The fraction of sp³-hybridized carbons (Fsp3) is 0.263. The van der Waals surface area contributed by atoms with Crippen molar-refractivity contribution in [3.8, 4) is 11.3 Å². The van der Waals surface area contributed by atoms with E-state index in [2.05, 4.69) is 10.4 Å². The standard InChI is InChI=1S/C19H20ClFN4O2/c1-2-25-18(16(20)10-23-25)13-8-17(27-11-13)19(26)24-15(9-22)7-12-4-3-5-14(21)6-12/h3-6,8,10-11,15H,2,7,9,22H2,1H3,(H,24,26)/t15-/m0/s1. The first-order valence-electron chi connectivity index (χ1n) is 8.57. The molecule has 2 aromatic heterocycles. The Hall–Kier alpha value is -2.64. The highest BCUT2D eigenvalue weighted by atomic mass is 35.5. The molecule has 3 rings (SSSR count). The number of aryl methyl sites for hydroxylation is 1. The van der Waals surface area contributed by atoms with Crippen LogP contribution in [0.3, 0.4) is 0 Å². The number of carbonyl (C=O) groups excluding carboxylic acids is 1. The number of halogens is 2. The number of nitrogens with two attached hydrogens (primary N) is 1. The Morgan fingerprint density at radius 2 is 2.26 bits per heavy atom. The Labute approximate surface area is 161 Å². The minimum absolute atomic E-state index is 0.141. The van der Waals surface area contributed by atoms with Crippen molar-refractivity contribution in [3.63, 3.8) is 0 Å². The zero-order valence-corrected chi connectivity index (χ0v) is 15.5. The summed E-state index contributed by atoms with van der Waals surface area (Å²) in [7, 11) is 0. The highest BCUT2D eigenvalue weighted by molar-refractivity contribution is 6.33. The lowest BCUT2D eigenvalue weighted by Gasteiger charge is -2.16. The number of amides is 1. The maximum Gasteiger partial charge on any atom is 0.287 e. The number of nitrogens with one attached hydrogen (secondary N) is 1. The van der Waals surface area contributed by atoms with Gasteiger partial charge in [-0.3, -0.25) is 9.48 Å². The molecule has 142 valence electrons. The first-order chi connectivity index (χ1) is 13.0. The van der Waals surface area contributed by atoms with Gasteiger partial charge in [-0.1, -0.05) is 23.7 Å². The lowest BCUT2D eigenvalue weighted by atomic mass is 10.1. The summed E-state index contributed by atoms with van der Waals surface area (Å²) in [5, 5.41) is 7.47. The summed E-state index contributed by atoms with van der Waals surface area (Å²) >= 11 is 6.18. The van der Waals surface area contributed by atoms with E-state index in [4.69, 9.17) is 21.8 Å². The molecule has 0 aliphatic heterocycles. The molecule has 0 fully saturated rings. The van der Waals surface area contributed by atoms with Gasteiger partial charge >= 0.3 is 0 Å². The molecule has 6 nitrogen and oxygen atoms in total. The predicted octanol–water partition coefficient (Wildman–Crippen LogP) is 3.26. The third-order valence-electron chi connectivity index (χ3n) is 4.18. The van der Waals surface area contributed by atoms with Crippen LogP contribution in [-0.4, -0.2) is 28.3 Å². The summed E-state index contributed by atoms with van der Waals surface area (Å²) < 4.78 is 20.5. The largest absolute Gasteiger partial charge is 0.458 e. The van der Waals surface area contributed by atoms with Crippen molar-refractivity contribution in [3.05, 3.63) is 65.0 Å². The van der Waals surface area contributed by atoms with Crippen molar-refractivity contribution in [2.75, 3.05) is 6.54 Å². The summed E-state index contributed by atoms with van der Waals surface area (Å²) in [6, 6.07) is 7.47. The van der Waals surface area contributed by atoms with Crippen LogP contribution in [0.2, 0.25) is 5.02 Å². The average molecular weight is 391 g/mol. The van der Waals surface area contributed by atoms with E-state index in [1.807, 2.05) is 6.92 Å². The Kier molecular flexibility index (Phi) is 5.93. The van der Waals surface area contributed by atoms with Gasteiger partial charge in [0.25, 0.3) is 5.91 Å². The lowest BCUT2D eigenvalue weighted by molar-refractivity contribution is 0.0910. The van der Waals surface area contributed by atoms with Crippen LogP contribution in [0.5, 0.6) is 0 Å². The highest BCUT2D eigenvalue weighted by Gasteiger charge is 2.19.